The Labute approximate surface area is 216 Å². The number of benzene rings is 2. The standard InChI is InChI=1S/C30H42N5O/c1-19(2)25-10-9-11-26(20(3)4)29(25)33-12-13-34(18-33)30-27(21(5)6)14-24(15-28(30)22(7)8)35-16-23(17-36)31-32-35/h9-11,14-16,18-22,36H,12-13,17H2,1-8H3. The zero-order valence-corrected chi connectivity index (χ0v) is 23.2. The largest absolute Gasteiger partial charge is 0.390 e. The van der Waals surface area contributed by atoms with E-state index in [4.69, 9.17) is 0 Å². The number of anilines is 2. The van der Waals surface area contributed by atoms with E-state index in [-0.39, 0.29) is 6.61 Å². The molecule has 2 heterocycles. The molecule has 1 aliphatic rings. The van der Waals surface area contributed by atoms with Crippen LogP contribution in [0, 0.1) is 6.67 Å². The summed E-state index contributed by atoms with van der Waals surface area (Å²) in [6.07, 6.45) is 1.81. The van der Waals surface area contributed by atoms with Crippen molar-refractivity contribution >= 4 is 11.4 Å². The highest BCUT2D eigenvalue weighted by Crippen LogP contribution is 2.42. The second-order valence-electron chi connectivity index (χ2n) is 11.2. The van der Waals surface area contributed by atoms with Gasteiger partial charge in [0.2, 0.25) is 0 Å². The van der Waals surface area contributed by atoms with Crippen LogP contribution in [0.3, 0.4) is 0 Å². The molecule has 3 aromatic rings. The zero-order valence-electron chi connectivity index (χ0n) is 23.2. The monoisotopic (exact) mass is 488 g/mol. The molecule has 1 saturated heterocycles. The molecule has 0 amide bonds. The first-order chi connectivity index (χ1) is 17.1. The maximum atomic E-state index is 9.47. The quantitative estimate of drug-likeness (QED) is 0.382. The van der Waals surface area contributed by atoms with Crippen molar-refractivity contribution in [2.24, 2.45) is 0 Å². The normalized spacial score (nSPS) is 14.4. The molecule has 0 spiro atoms. The van der Waals surface area contributed by atoms with Gasteiger partial charge in [-0.3, -0.25) is 0 Å². The van der Waals surface area contributed by atoms with Crippen molar-refractivity contribution in [1.29, 1.82) is 0 Å². The fourth-order valence-corrected chi connectivity index (χ4v) is 5.19. The first-order valence-corrected chi connectivity index (χ1v) is 13.3. The van der Waals surface area contributed by atoms with Crippen molar-refractivity contribution in [3.05, 3.63) is 71.1 Å². The molecule has 193 valence electrons. The molecule has 1 aromatic heterocycles. The van der Waals surface area contributed by atoms with Crippen molar-refractivity contribution in [2.45, 2.75) is 85.7 Å². The lowest BCUT2D eigenvalue weighted by Gasteiger charge is -2.30. The maximum absolute atomic E-state index is 9.47. The summed E-state index contributed by atoms with van der Waals surface area (Å²) in [5.41, 5.74) is 9.67. The Bertz CT molecular complexity index is 1140. The fraction of sp³-hybridized carbons (Fsp3) is 0.500. The Morgan fingerprint density at radius 2 is 1.22 bits per heavy atom. The molecule has 0 unspecified atom stereocenters. The Morgan fingerprint density at radius 3 is 1.64 bits per heavy atom. The van der Waals surface area contributed by atoms with Crippen LogP contribution in [-0.4, -0.2) is 33.2 Å². The van der Waals surface area contributed by atoms with Gasteiger partial charge < -0.3 is 14.9 Å². The van der Waals surface area contributed by atoms with Gasteiger partial charge in [0.25, 0.3) is 0 Å². The minimum absolute atomic E-state index is 0.110. The van der Waals surface area contributed by atoms with Crippen LogP contribution < -0.4 is 9.80 Å². The lowest BCUT2D eigenvalue weighted by molar-refractivity contribution is 0.276. The molecule has 6 heteroatoms. The Morgan fingerprint density at radius 1 is 0.750 bits per heavy atom. The van der Waals surface area contributed by atoms with Crippen molar-refractivity contribution < 1.29 is 5.11 Å². The average molecular weight is 489 g/mol. The number of aliphatic hydroxyl groups excluding tert-OH is 1. The van der Waals surface area contributed by atoms with Crippen LogP contribution in [0.1, 0.15) is 107 Å². The fourth-order valence-electron chi connectivity index (χ4n) is 5.19. The third kappa shape index (κ3) is 5.01. The minimum Gasteiger partial charge on any atom is -0.390 e. The topological polar surface area (TPSA) is 57.4 Å². The van der Waals surface area contributed by atoms with Gasteiger partial charge in [-0.1, -0.05) is 78.8 Å². The Hall–Kier alpha value is -2.86. The first kappa shape index (κ1) is 26.2. The highest BCUT2D eigenvalue weighted by atomic mass is 16.3. The lowest BCUT2D eigenvalue weighted by Crippen LogP contribution is -2.23. The highest BCUT2D eigenvalue weighted by Gasteiger charge is 2.30. The lowest BCUT2D eigenvalue weighted by atomic mass is 9.91. The Balaban J connectivity index is 1.78. The smallest absolute Gasteiger partial charge is 0.142 e. The maximum Gasteiger partial charge on any atom is 0.142 e. The van der Waals surface area contributed by atoms with E-state index in [1.54, 1.807) is 4.68 Å². The van der Waals surface area contributed by atoms with E-state index in [2.05, 4.69) is 113 Å². The molecule has 4 rings (SSSR count). The van der Waals surface area contributed by atoms with Crippen LogP contribution in [0.4, 0.5) is 11.4 Å². The summed E-state index contributed by atoms with van der Waals surface area (Å²) in [5.74, 6) is 1.61. The van der Waals surface area contributed by atoms with Crippen molar-refractivity contribution in [3.8, 4) is 5.69 Å². The molecule has 1 fully saturated rings. The average Bonchev–Trinajstić information content (AvgIpc) is 3.52. The molecule has 0 aliphatic carbocycles. The molecule has 1 radical (unpaired) electrons. The minimum atomic E-state index is -0.110. The van der Waals surface area contributed by atoms with Gasteiger partial charge in [0, 0.05) is 24.5 Å². The summed E-state index contributed by atoms with van der Waals surface area (Å²) >= 11 is 0. The summed E-state index contributed by atoms with van der Waals surface area (Å²) in [4.78, 5) is 4.92. The van der Waals surface area contributed by atoms with Gasteiger partial charge in [0.15, 0.2) is 0 Å². The summed E-state index contributed by atoms with van der Waals surface area (Å²) in [6, 6.07) is 11.3. The van der Waals surface area contributed by atoms with E-state index in [0.29, 0.717) is 29.4 Å². The van der Waals surface area contributed by atoms with Crippen LogP contribution >= 0.6 is 0 Å². The summed E-state index contributed by atoms with van der Waals surface area (Å²) < 4.78 is 1.78. The van der Waals surface area contributed by atoms with Gasteiger partial charge in [-0.05, 0) is 58.1 Å². The molecule has 36 heavy (non-hydrogen) atoms. The summed E-state index contributed by atoms with van der Waals surface area (Å²) in [6.45, 7) is 22.3. The van der Waals surface area contributed by atoms with Crippen LogP contribution in [0.15, 0.2) is 36.5 Å². The molecule has 2 aromatic carbocycles. The first-order valence-electron chi connectivity index (χ1n) is 13.3. The number of aromatic nitrogens is 3. The van der Waals surface area contributed by atoms with Gasteiger partial charge in [-0.25, -0.2) is 4.68 Å². The van der Waals surface area contributed by atoms with Gasteiger partial charge in [-0.15, -0.1) is 5.10 Å². The molecular weight excluding hydrogens is 446 g/mol. The van der Waals surface area contributed by atoms with E-state index in [9.17, 15) is 5.11 Å². The van der Waals surface area contributed by atoms with Gasteiger partial charge in [0.1, 0.15) is 12.4 Å². The molecule has 0 saturated carbocycles. The number of aliphatic hydroxyl groups is 1. The molecular formula is C30H42N5O. The van der Waals surface area contributed by atoms with Crippen molar-refractivity contribution in [3.63, 3.8) is 0 Å². The summed E-state index contributed by atoms with van der Waals surface area (Å²) in [5, 5.41) is 17.8. The number of para-hydroxylation sites is 1. The molecule has 0 bridgehead atoms. The number of rotatable bonds is 8. The Kier molecular flexibility index (Phi) is 7.74. The van der Waals surface area contributed by atoms with Gasteiger partial charge >= 0.3 is 0 Å². The molecule has 6 nitrogen and oxygen atoms in total. The van der Waals surface area contributed by atoms with E-state index < -0.39 is 0 Å². The second-order valence-corrected chi connectivity index (χ2v) is 11.2. The van der Waals surface area contributed by atoms with E-state index in [0.717, 1.165) is 18.8 Å². The van der Waals surface area contributed by atoms with Crippen LogP contribution in [-0.2, 0) is 6.61 Å². The van der Waals surface area contributed by atoms with Crippen molar-refractivity contribution in [2.75, 3.05) is 22.9 Å². The third-order valence-corrected chi connectivity index (χ3v) is 7.14. The van der Waals surface area contributed by atoms with Crippen LogP contribution in [0.25, 0.3) is 5.69 Å². The van der Waals surface area contributed by atoms with Gasteiger partial charge in [-0.2, -0.15) is 0 Å². The van der Waals surface area contributed by atoms with Crippen LogP contribution in [0.5, 0.6) is 0 Å². The molecule has 0 atom stereocenters. The summed E-state index contributed by atoms with van der Waals surface area (Å²) in [7, 11) is 0. The van der Waals surface area contributed by atoms with E-state index in [1.165, 1.54) is 33.6 Å². The highest BCUT2D eigenvalue weighted by molar-refractivity contribution is 5.71. The second kappa shape index (κ2) is 10.6. The third-order valence-electron chi connectivity index (χ3n) is 7.14. The predicted octanol–water partition coefficient (Wildman–Crippen LogP) is 6.70. The van der Waals surface area contributed by atoms with Crippen molar-refractivity contribution in [1.82, 2.24) is 15.0 Å². The van der Waals surface area contributed by atoms with E-state index in [1.807, 2.05) is 6.20 Å². The SMILES string of the molecule is CC(C)c1cccc(C(C)C)c1N1[CH]N(c2c(C(C)C)cc(-n3cc(CO)nn3)cc2C(C)C)CC1. The number of hydrogen-bond acceptors (Lipinski definition) is 5. The number of nitrogens with zero attached hydrogens (tertiary/aromatic N) is 5. The molecule has 1 N–H and O–H groups in total. The van der Waals surface area contributed by atoms with Crippen LogP contribution in [0.2, 0.25) is 0 Å². The number of hydrogen-bond donors (Lipinski definition) is 1. The molecule has 1 aliphatic heterocycles. The zero-order chi connectivity index (χ0) is 26.1. The predicted molar refractivity (Wildman–Crippen MR) is 149 cm³/mol. The van der Waals surface area contributed by atoms with E-state index >= 15 is 0 Å². The van der Waals surface area contributed by atoms with Gasteiger partial charge in [0.05, 0.1) is 18.5 Å².